The fraction of sp³-hybridized carbons (Fsp3) is 0.895. The molecule has 2 amide bonds. The number of nitrogens with zero attached hydrogens (tertiary/aromatic N) is 2. The summed E-state index contributed by atoms with van der Waals surface area (Å²) in [6.07, 6.45) is 5.62. The Bertz CT molecular complexity index is 597. The topological polar surface area (TPSA) is 74.8 Å². The van der Waals surface area contributed by atoms with Crippen molar-refractivity contribution in [2.24, 2.45) is 11.8 Å². The fourth-order valence-corrected chi connectivity index (χ4v) is 5.98. The van der Waals surface area contributed by atoms with Crippen LogP contribution in [0.15, 0.2) is 0 Å². The summed E-state index contributed by atoms with van der Waals surface area (Å²) in [6.45, 7) is 5.39. The third-order valence-corrected chi connectivity index (χ3v) is 7.67. The Hall–Kier alpha value is -1.11. The number of carbonyl (C=O) groups is 2. The molecule has 0 radical (unpaired) electrons. The highest BCUT2D eigenvalue weighted by molar-refractivity contribution is 7.91. The zero-order valence-corrected chi connectivity index (χ0v) is 17.3. The average Bonchev–Trinajstić information content (AvgIpc) is 2.99. The first-order chi connectivity index (χ1) is 12.3. The number of carbonyl (C=O) groups excluding carboxylic acids is 2. The molecule has 2 rings (SSSR count). The van der Waals surface area contributed by atoms with Crippen LogP contribution in [0.25, 0.3) is 0 Å². The van der Waals surface area contributed by atoms with Gasteiger partial charge in [0.15, 0.2) is 9.84 Å². The highest BCUT2D eigenvalue weighted by Crippen LogP contribution is 2.32. The molecule has 2 aliphatic rings. The van der Waals surface area contributed by atoms with E-state index in [0.717, 1.165) is 45.1 Å². The van der Waals surface area contributed by atoms with Crippen LogP contribution in [-0.2, 0) is 19.4 Å². The van der Waals surface area contributed by atoms with Crippen molar-refractivity contribution in [2.45, 2.75) is 64.8 Å². The molecule has 1 heterocycles. The number of rotatable bonds is 7. The predicted octanol–water partition coefficient (Wildman–Crippen LogP) is 2.09. The first-order valence-corrected chi connectivity index (χ1v) is 11.9. The first-order valence-electron chi connectivity index (χ1n) is 10.0. The van der Waals surface area contributed by atoms with Gasteiger partial charge in [0.1, 0.15) is 0 Å². The molecule has 0 aromatic carbocycles. The van der Waals surface area contributed by atoms with Gasteiger partial charge in [-0.3, -0.25) is 9.59 Å². The summed E-state index contributed by atoms with van der Waals surface area (Å²) in [4.78, 5) is 29.0. The maximum absolute atomic E-state index is 12.9. The summed E-state index contributed by atoms with van der Waals surface area (Å²) >= 11 is 0. The van der Waals surface area contributed by atoms with E-state index in [-0.39, 0.29) is 41.2 Å². The monoisotopic (exact) mass is 386 g/mol. The third kappa shape index (κ3) is 5.21. The molecular weight excluding hydrogens is 352 g/mol. The number of unbranched alkanes of at least 4 members (excludes halogenated alkanes) is 1. The number of hydrogen-bond donors (Lipinski definition) is 0. The molecule has 1 aliphatic carbocycles. The van der Waals surface area contributed by atoms with Crippen LogP contribution in [0.5, 0.6) is 0 Å². The second-order valence-corrected chi connectivity index (χ2v) is 10.1. The summed E-state index contributed by atoms with van der Waals surface area (Å²) in [5, 5.41) is 0. The molecule has 1 unspecified atom stereocenters. The quantitative estimate of drug-likeness (QED) is 0.671. The lowest BCUT2D eigenvalue weighted by molar-refractivity contribution is -0.142. The van der Waals surface area contributed by atoms with Crippen molar-refractivity contribution in [1.29, 1.82) is 0 Å². The SMILES string of the molecule is CCCCN(C)C(=O)C1CCC(C(=O)N(CC)C2CCS(=O)(=O)C2)CC1. The van der Waals surface area contributed by atoms with Crippen molar-refractivity contribution < 1.29 is 18.0 Å². The van der Waals surface area contributed by atoms with E-state index in [1.165, 1.54) is 0 Å². The zero-order valence-electron chi connectivity index (χ0n) is 16.4. The van der Waals surface area contributed by atoms with Crippen molar-refractivity contribution in [3.05, 3.63) is 0 Å². The molecule has 6 nitrogen and oxygen atoms in total. The average molecular weight is 387 g/mol. The van der Waals surface area contributed by atoms with E-state index >= 15 is 0 Å². The molecule has 0 spiro atoms. The van der Waals surface area contributed by atoms with E-state index in [2.05, 4.69) is 6.92 Å². The standard InChI is InChI=1S/C19H34N2O4S/c1-4-6-12-20(3)18(22)15-7-9-16(10-8-15)19(23)21(5-2)17-11-13-26(24,25)14-17/h15-17H,4-14H2,1-3H3. The zero-order chi connectivity index (χ0) is 19.3. The lowest BCUT2D eigenvalue weighted by Gasteiger charge is -2.35. The third-order valence-electron chi connectivity index (χ3n) is 5.92. The van der Waals surface area contributed by atoms with Crippen LogP contribution in [0.2, 0.25) is 0 Å². The number of amides is 2. The second-order valence-electron chi connectivity index (χ2n) is 7.84. The maximum atomic E-state index is 12.9. The molecule has 0 N–H and O–H groups in total. The minimum absolute atomic E-state index is 0.0304. The number of hydrogen-bond acceptors (Lipinski definition) is 4. The summed E-state index contributed by atoms with van der Waals surface area (Å²) < 4.78 is 23.5. The van der Waals surface area contributed by atoms with E-state index in [9.17, 15) is 18.0 Å². The minimum Gasteiger partial charge on any atom is -0.346 e. The summed E-state index contributed by atoms with van der Waals surface area (Å²) in [7, 11) is -1.13. The van der Waals surface area contributed by atoms with Crippen molar-refractivity contribution >= 4 is 21.7 Å². The van der Waals surface area contributed by atoms with Gasteiger partial charge in [-0.15, -0.1) is 0 Å². The van der Waals surface area contributed by atoms with Crippen LogP contribution in [0.3, 0.4) is 0 Å². The summed E-state index contributed by atoms with van der Waals surface area (Å²) in [5.41, 5.74) is 0. The van der Waals surface area contributed by atoms with E-state index in [1.54, 1.807) is 4.90 Å². The van der Waals surface area contributed by atoms with E-state index < -0.39 is 9.84 Å². The number of sulfone groups is 1. The molecule has 0 aromatic heterocycles. The van der Waals surface area contributed by atoms with E-state index in [0.29, 0.717) is 13.0 Å². The van der Waals surface area contributed by atoms with E-state index in [1.807, 2.05) is 18.9 Å². The molecule has 26 heavy (non-hydrogen) atoms. The molecule has 1 aliphatic heterocycles. The summed E-state index contributed by atoms with van der Waals surface area (Å²) in [6, 6.07) is -0.169. The van der Waals surface area contributed by atoms with Gasteiger partial charge in [0.25, 0.3) is 0 Å². The Morgan fingerprint density at radius 2 is 1.54 bits per heavy atom. The van der Waals surface area contributed by atoms with Crippen LogP contribution in [0.1, 0.15) is 58.8 Å². The first kappa shape index (κ1) is 21.2. The highest BCUT2D eigenvalue weighted by atomic mass is 32.2. The van der Waals surface area contributed by atoms with Crippen molar-refractivity contribution in [1.82, 2.24) is 9.80 Å². The van der Waals surface area contributed by atoms with E-state index in [4.69, 9.17) is 0 Å². The molecule has 1 atom stereocenters. The molecule has 0 aromatic rings. The maximum Gasteiger partial charge on any atom is 0.225 e. The smallest absolute Gasteiger partial charge is 0.225 e. The van der Waals surface area contributed by atoms with Gasteiger partial charge < -0.3 is 9.80 Å². The van der Waals surface area contributed by atoms with Gasteiger partial charge >= 0.3 is 0 Å². The molecular formula is C19H34N2O4S. The Morgan fingerprint density at radius 3 is 2.00 bits per heavy atom. The fourth-order valence-electron chi connectivity index (χ4n) is 4.25. The molecule has 1 saturated carbocycles. The van der Waals surface area contributed by atoms with Gasteiger partial charge in [-0.2, -0.15) is 0 Å². The molecule has 150 valence electrons. The van der Waals surface area contributed by atoms with Crippen molar-refractivity contribution in [3.8, 4) is 0 Å². The molecule has 7 heteroatoms. The van der Waals surface area contributed by atoms with Gasteiger partial charge in [-0.1, -0.05) is 13.3 Å². The lowest BCUT2D eigenvalue weighted by atomic mass is 9.80. The Morgan fingerprint density at radius 1 is 0.962 bits per heavy atom. The molecule has 1 saturated heterocycles. The van der Waals surface area contributed by atoms with Gasteiger partial charge in [-0.05, 0) is 45.4 Å². The van der Waals surface area contributed by atoms with Crippen molar-refractivity contribution in [3.63, 3.8) is 0 Å². The Labute approximate surface area is 158 Å². The minimum atomic E-state index is -3.00. The van der Waals surface area contributed by atoms with Gasteiger partial charge in [-0.25, -0.2) is 8.42 Å². The molecule has 0 bridgehead atoms. The van der Waals surface area contributed by atoms with Crippen LogP contribution in [0.4, 0.5) is 0 Å². The normalized spacial score (nSPS) is 27.9. The molecule has 2 fully saturated rings. The van der Waals surface area contributed by atoms with Crippen LogP contribution < -0.4 is 0 Å². The van der Waals surface area contributed by atoms with Crippen molar-refractivity contribution in [2.75, 3.05) is 31.6 Å². The van der Waals surface area contributed by atoms with Crippen LogP contribution in [-0.4, -0.2) is 67.7 Å². The Kier molecular flexibility index (Phi) is 7.50. The van der Waals surface area contributed by atoms with Gasteiger partial charge in [0.2, 0.25) is 11.8 Å². The van der Waals surface area contributed by atoms with Crippen LogP contribution in [0, 0.1) is 11.8 Å². The second kappa shape index (κ2) is 9.20. The highest BCUT2D eigenvalue weighted by Gasteiger charge is 2.38. The van der Waals surface area contributed by atoms with Crippen LogP contribution >= 0.6 is 0 Å². The Balaban J connectivity index is 1.88. The largest absolute Gasteiger partial charge is 0.346 e. The summed E-state index contributed by atoms with van der Waals surface area (Å²) in [5.74, 6) is 0.541. The van der Waals surface area contributed by atoms with Gasteiger partial charge in [0, 0.05) is 38.0 Å². The predicted molar refractivity (Wildman–Crippen MR) is 102 cm³/mol. The van der Waals surface area contributed by atoms with Gasteiger partial charge in [0.05, 0.1) is 11.5 Å². The lowest BCUT2D eigenvalue weighted by Crippen LogP contribution is -2.45.